The van der Waals surface area contributed by atoms with Crippen LogP contribution in [0, 0.1) is 0 Å². The second-order valence-corrected chi connectivity index (χ2v) is 4.86. The van der Waals surface area contributed by atoms with Gasteiger partial charge in [-0.2, -0.15) is 0 Å². The molecule has 0 radical (unpaired) electrons. The van der Waals surface area contributed by atoms with Crippen molar-refractivity contribution in [3.8, 4) is 0 Å². The van der Waals surface area contributed by atoms with Gasteiger partial charge >= 0.3 is 5.97 Å². The monoisotopic (exact) mass is 275 g/mol. The molecule has 5 nitrogen and oxygen atoms in total. The lowest BCUT2D eigenvalue weighted by molar-refractivity contribution is -0.141. The molecule has 106 valence electrons. The van der Waals surface area contributed by atoms with Gasteiger partial charge in [0.25, 0.3) is 11.8 Å². The number of ether oxygens (including phenoxy) is 1. The zero-order valence-electron chi connectivity index (χ0n) is 11.6. The third-order valence-corrected chi connectivity index (χ3v) is 3.34. The van der Waals surface area contributed by atoms with Crippen LogP contribution in [-0.2, 0) is 9.53 Å². The molecule has 1 aliphatic rings. The van der Waals surface area contributed by atoms with E-state index < -0.39 is 0 Å². The van der Waals surface area contributed by atoms with Gasteiger partial charge in [0, 0.05) is 13.0 Å². The summed E-state index contributed by atoms with van der Waals surface area (Å²) in [6.45, 7) is 3.49. The Labute approximate surface area is 117 Å². The van der Waals surface area contributed by atoms with Gasteiger partial charge in [-0.15, -0.1) is 0 Å². The Hall–Kier alpha value is -2.17. The molecule has 0 fully saturated rings. The normalized spacial score (nSPS) is 15.2. The highest BCUT2D eigenvalue weighted by Gasteiger charge is 2.37. The van der Waals surface area contributed by atoms with Gasteiger partial charge in [0.1, 0.15) is 0 Å². The van der Waals surface area contributed by atoms with Crippen LogP contribution in [0.5, 0.6) is 0 Å². The first-order chi connectivity index (χ1) is 9.52. The standard InChI is InChI=1S/C15H17NO4/c1-10(6-5-9-20-11(2)17)16-14(18)12-7-3-4-8-13(12)15(16)19/h3-4,7-8,10H,5-6,9H2,1-2H3. The first kappa shape index (κ1) is 14.2. The number of imide groups is 1. The third kappa shape index (κ3) is 2.71. The number of rotatable bonds is 5. The van der Waals surface area contributed by atoms with Gasteiger partial charge in [0.2, 0.25) is 0 Å². The first-order valence-electron chi connectivity index (χ1n) is 6.62. The van der Waals surface area contributed by atoms with Gasteiger partial charge in [-0.25, -0.2) is 0 Å². The highest BCUT2D eigenvalue weighted by molar-refractivity contribution is 6.21. The summed E-state index contributed by atoms with van der Waals surface area (Å²) < 4.78 is 4.84. The Kier molecular flexibility index (Phi) is 4.17. The van der Waals surface area contributed by atoms with Crippen LogP contribution in [0.25, 0.3) is 0 Å². The Morgan fingerprint density at radius 3 is 2.25 bits per heavy atom. The summed E-state index contributed by atoms with van der Waals surface area (Å²) in [6.07, 6.45) is 1.23. The molecule has 0 bridgehead atoms. The van der Waals surface area contributed by atoms with Crippen molar-refractivity contribution >= 4 is 17.8 Å². The average Bonchev–Trinajstić information content (AvgIpc) is 2.67. The predicted octanol–water partition coefficient (Wildman–Crippen LogP) is 2.01. The Morgan fingerprint density at radius 1 is 1.20 bits per heavy atom. The fraction of sp³-hybridized carbons (Fsp3) is 0.400. The molecule has 0 aliphatic carbocycles. The number of fused-ring (bicyclic) bond motifs is 1. The Balaban J connectivity index is 1.98. The van der Waals surface area contributed by atoms with Crippen molar-refractivity contribution in [1.29, 1.82) is 0 Å². The molecule has 0 N–H and O–H groups in total. The van der Waals surface area contributed by atoms with Crippen molar-refractivity contribution in [1.82, 2.24) is 4.90 Å². The lowest BCUT2D eigenvalue weighted by atomic mass is 10.1. The number of hydrogen-bond donors (Lipinski definition) is 0. The van der Waals surface area contributed by atoms with Crippen molar-refractivity contribution in [3.63, 3.8) is 0 Å². The molecule has 1 aliphatic heterocycles. The van der Waals surface area contributed by atoms with Crippen LogP contribution in [-0.4, -0.2) is 35.3 Å². The molecule has 1 heterocycles. The summed E-state index contributed by atoms with van der Waals surface area (Å²) in [5.74, 6) is -0.811. The Morgan fingerprint density at radius 2 is 1.75 bits per heavy atom. The molecule has 2 rings (SSSR count). The topological polar surface area (TPSA) is 63.7 Å². The lowest BCUT2D eigenvalue weighted by Gasteiger charge is -2.22. The lowest BCUT2D eigenvalue weighted by Crippen LogP contribution is -2.38. The Bertz CT molecular complexity index is 518. The van der Waals surface area contributed by atoms with Crippen LogP contribution in [0.2, 0.25) is 0 Å². The molecule has 5 heteroatoms. The van der Waals surface area contributed by atoms with E-state index in [0.717, 1.165) is 0 Å². The maximum absolute atomic E-state index is 12.2. The van der Waals surface area contributed by atoms with E-state index in [9.17, 15) is 14.4 Å². The van der Waals surface area contributed by atoms with Crippen LogP contribution in [0.15, 0.2) is 24.3 Å². The van der Waals surface area contributed by atoms with Crippen LogP contribution >= 0.6 is 0 Å². The summed E-state index contributed by atoms with van der Waals surface area (Å²) in [4.78, 5) is 36.4. The number of carbonyl (C=O) groups is 3. The van der Waals surface area contributed by atoms with Crippen LogP contribution in [0.4, 0.5) is 0 Å². The van der Waals surface area contributed by atoms with Crippen LogP contribution in [0.1, 0.15) is 47.4 Å². The summed E-state index contributed by atoms with van der Waals surface area (Å²) in [5, 5.41) is 0. The van der Waals surface area contributed by atoms with Gasteiger partial charge in [0.05, 0.1) is 17.7 Å². The van der Waals surface area contributed by atoms with E-state index in [4.69, 9.17) is 4.74 Å². The highest BCUT2D eigenvalue weighted by Crippen LogP contribution is 2.25. The molecule has 0 spiro atoms. The van der Waals surface area contributed by atoms with Crippen molar-refractivity contribution in [2.75, 3.05) is 6.61 Å². The minimum atomic E-state index is -0.321. The molecule has 1 atom stereocenters. The molecule has 1 unspecified atom stereocenters. The molecule has 2 amide bonds. The molecular formula is C15H17NO4. The second-order valence-electron chi connectivity index (χ2n) is 4.86. The van der Waals surface area contributed by atoms with E-state index in [2.05, 4.69) is 0 Å². The third-order valence-electron chi connectivity index (χ3n) is 3.34. The van der Waals surface area contributed by atoms with Gasteiger partial charge in [-0.3, -0.25) is 19.3 Å². The van der Waals surface area contributed by atoms with E-state index >= 15 is 0 Å². The molecule has 20 heavy (non-hydrogen) atoms. The van der Waals surface area contributed by atoms with Crippen molar-refractivity contribution in [2.24, 2.45) is 0 Å². The van der Waals surface area contributed by atoms with Gasteiger partial charge in [0.15, 0.2) is 0 Å². The number of amides is 2. The summed E-state index contributed by atoms with van der Waals surface area (Å²) >= 11 is 0. The van der Waals surface area contributed by atoms with E-state index in [-0.39, 0.29) is 23.8 Å². The molecule has 0 aromatic heterocycles. The maximum Gasteiger partial charge on any atom is 0.302 e. The highest BCUT2D eigenvalue weighted by atomic mass is 16.5. The number of esters is 1. The SMILES string of the molecule is CC(=O)OCCCC(C)N1C(=O)c2ccccc2C1=O. The van der Waals surface area contributed by atoms with Gasteiger partial charge in [-0.1, -0.05) is 12.1 Å². The average molecular weight is 275 g/mol. The second kappa shape index (κ2) is 5.86. The zero-order valence-corrected chi connectivity index (χ0v) is 11.6. The fourth-order valence-corrected chi connectivity index (χ4v) is 2.33. The number of benzene rings is 1. The molecular weight excluding hydrogens is 258 g/mol. The quantitative estimate of drug-likeness (QED) is 0.468. The maximum atomic E-state index is 12.2. The van der Waals surface area contributed by atoms with Gasteiger partial charge < -0.3 is 4.74 Å². The van der Waals surface area contributed by atoms with E-state index in [1.165, 1.54) is 11.8 Å². The van der Waals surface area contributed by atoms with Crippen molar-refractivity contribution in [3.05, 3.63) is 35.4 Å². The number of nitrogens with zero attached hydrogens (tertiary/aromatic N) is 1. The van der Waals surface area contributed by atoms with Crippen LogP contribution in [0.3, 0.4) is 0 Å². The van der Waals surface area contributed by atoms with E-state index in [1.54, 1.807) is 24.3 Å². The van der Waals surface area contributed by atoms with E-state index in [1.807, 2.05) is 6.92 Å². The van der Waals surface area contributed by atoms with Crippen molar-refractivity contribution in [2.45, 2.75) is 32.7 Å². The minimum absolute atomic E-state index is 0.210. The first-order valence-corrected chi connectivity index (χ1v) is 6.62. The summed E-state index contributed by atoms with van der Waals surface area (Å²) in [7, 11) is 0. The fourth-order valence-electron chi connectivity index (χ4n) is 2.33. The smallest absolute Gasteiger partial charge is 0.302 e. The zero-order chi connectivity index (χ0) is 14.7. The van der Waals surface area contributed by atoms with Gasteiger partial charge in [-0.05, 0) is 31.9 Å². The molecule has 1 aromatic rings. The van der Waals surface area contributed by atoms with Crippen LogP contribution < -0.4 is 0 Å². The molecule has 0 saturated heterocycles. The predicted molar refractivity (Wildman–Crippen MR) is 72.3 cm³/mol. The largest absolute Gasteiger partial charge is 0.466 e. The molecule has 1 aromatic carbocycles. The minimum Gasteiger partial charge on any atom is -0.466 e. The van der Waals surface area contributed by atoms with E-state index in [0.29, 0.717) is 30.6 Å². The van der Waals surface area contributed by atoms with Crippen molar-refractivity contribution < 1.29 is 19.1 Å². The number of hydrogen-bond acceptors (Lipinski definition) is 4. The summed E-state index contributed by atoms with van der Waals surface area (Å²) in [6, 6.07) is 6.62. The molecule has 0 saturated carbocycles. The summed E-state index contributed by atoms with van der Waals surface area (Å²) in [5.41, 5.74) is 0.925. The number of carbonyl (C=O) groups excluding carboxylic acids is 3.